The molecule has 0 aliphatic carbocycles. The molecule has 0 N–H and O–H groups in total. The second-order valence-electron chi connectivity index (χ2n) is 9.98. The minimum atomic E-state index is -3.72. The fraction of sp³-hybridized carbons (Fsp3) is 0.440. The van der Waals surface area contributed by atoms with Gasteiger partial charge in [0.15, 0.2) is 0 Å². The summed E-state index contributed by atoms with van der Waals surface area (Å²) in [6.07, 6.45) is 0. The van der Waals surface area contributed by atoms with Crippen LogP contribution in [0.2, 0.25) is 0 Å². The summed E-state index contributed by atoms with van der Waals surface area (Å²) < 4.78 is 30.3. The van der Waals surface area contributed by atoms with Crippen molar-refractivity contribution in [1.29, 1.82) is 0 Å². The summed E-state index contributed by atoms with van der Waals surface area (Å²) in [4.78, 5) is 27.0. The Balaban J connectivity index is 1.48. The van der Waals surface area contributed by atoms with Crippen LogP contribution in [0, 0.1) is 0 Å². The number of sulfonamides is 1. The van der Waals surface area contributed by atoms with E-state index in [2.05, 4.69) is 20.8 Å². The van der Waals surface area contributed by atoms with Crippen LogP contribution in [0.1, 0.15) is 56.6 Å². The number of aromatic nitrogens is 1. The first-order valence-electron chi connectivity index (χ1n) is 11.4. The Hall–Kier alpha value is -2.49. The molecule has 1 aliphatic heterocycles. The summed E-state index contributed by atoms with van der Waals surface area (Å²) in [6.45, 7) is 11.4. The molecule has 3 aromatic rings. The molecule has 9 heteroatoms. The van der Waals surface area contributed by atoms with Crippen LogP contribution < -0.4 is 4.87 Å². The molecule has 34 heavy (non-hydrogen) atoms. The molecule has 2 aromatic carbocycles. The number of carbonyl (C=O) groups excluding carboxylic acids is 1. The minimum Gasteiger partial charge on any atom is -0.336 e. The van der Waals surface area contributed by atoms with Gasteiger partial charge >= 0.3 is 4.87 Å². The number of benzene rings is 2. The second kappa shape index (κ2) is 8.94. The Morgan fingerprint density at radius 1 is 0.971 bits per heavy atom. The molecule has 4 rings (SSSR count). The summed E-state index contributed by atoms with van der Waals surface area (Å²) in [5, 5.41) is 0. The number of carbonyl (C=O) groups is 1. The van der Waals surface area contributed by atoms with Gasteiger partial charge in [0.2, 0.25) is 10.0 Å². The first kappa shape index (κ1) is 24.6. The molecule has 0 unspecified atom stereocenters. The van der Waals surface area contributed by atoms with E-state index in [9.17, 15) is 18.0 Å². The van der Waals surface area contributed by atoms with Gasteiger partial charge in [-0.2, -0.15) is 4.31 Å². The zero-order valence-electron chi connectivity index (χ0n) is 20.2. The molecule has 2 heterocycles. The largest absolute Gasteiger partial charge is 0.336 e. The lowest BCUT2D eigenvalue weighted by Crippen LogP contribution is -2.50. The zero-order chi connectivity index (χ0) is 24.8. The highest BCUT2D eigenvalue weighted by molar-refractivity contribution is 7.89. The standard InChI is InChI=1S/C25H31N3O4S2/c1-17(2)28-21-11-10-20(16-22(21)33-24(28)30)34(31,32)27-14-12-26(13-15-27)23(29)18-6-8-19(9-7-18)25(3,4)5/h6-11,16-17H,12-15H2,1-5H3. The van der Waals surface area contributed by atoms with Crippen LogP contribution in [0.5, 0.6) is 0 Å². The maximum absolute atomic E-state index is 13.3. The SMILES string of the molecule is CC(C)n1c(=O)sc2cc(S(=O)(=O)N3CCN(C(=O)c4ccc(C(C)(C)C)cc4)CC3)ccc21. The third kappa shape index (κ3) is 4.56. The number of hydrogen-bond donors (Lipinski definition) is 0. The van der Waals surface area contributed by atoms with Crippen LogP contribution in [0.4, 0.5) is 0 Å². The molecule has 0 bridgehead atoms. The van der Waals surface area contributed by atoms with Gasteiger partial charge in [-0.15, -0.1) is 0 Å². The Morgan fingerprint density at radius 2 is 1.59 bits per heavy atom. The fourth-order valence-corrected chi connectivity index (χ4v) is 6.82. The van der Waals surface area contributed by atoms with Crippen molar-refractivity contribution >= 4 is 37.5 Å². The molecule has 0 atom stereocenters. The number of rotatable bonds is 4. The third-order valence-electron chi connectivity index (χ3n) is 6.26. The molecule has 1 aliphatic rings. The van der Waals surface area contributed by atoms with Gasteiger partial charge in [-0.25, -0.2) is 8.42 Å². The molecule has 1 aromatic heterocycles. The van der Waals surface area contributed by atoms with Crippen LogP contribution in [-0.4, -0.2) is 54.3 Å². The average molecular weight is 502 g/mol. The second-order valence-corrected chi connectivity index (χ2v) is 12.9. The Kier molecular flexibility index (Phi) is 6.48. The predicted molar refractivity (Wildman–Crippen MR) is 136 cm³/mol. The van der Waals surface area contributed by atoms with Gasteiger partial charge in [0.25, 0.3) is 5.91 Å². The minimum absolute atomic E-state index is 0.000938. The van der Waals surface area contributed by atoms with E-state index < -0.39 is 10.0 Å². The van der Waals surface area contributed by atoms with E-state index in [-0.39, 0.29) is 40.2 Å². The number of fused-ring (bicyclic) bond motifs is 1. The quantitative estimate of drug-likeness (QED) is 0.539. The van der Waals surface area contributed by atoms with Gasteiger partial charge in [0, 0.05) is 37.8 Å². The summed E-state index contributed by atoms with van der Waals surface area (Å²) in [6, 6.07) is 12.5. The van der Waals surface area contributed by atoms with E-state index in [1.807, 2.05) is 38.1 Å². The first-order chi connectivity index (χ1) is 15.9. The molecule has 1 amide bonds. The van der Waals surface area contributed by atoms with Crippen LogP contribution >= 0.6 is 11.3 Å². The molecule has 1 fully saturated rings. The molecular formula is C25H31N3O4S2. The molecular weight excluding hydrogens is 470 g/mol. The van der Waals surface area contributed by atoms with E-state index in [1.165, 1.54) is 4.31 Å². The summed E-state index contributed by atoms with van der Waals surface area (Å²) in [5.74, 6) is -0.0845. The fourth-order valence-electron chi connectivity index (χ4n) is 4.24. The topological polar surface area (TPSA) is 79.7 Å². The van der Waals surface area contributed by atoms with Gasteiger partial charge in [-0.3, -0.25) is 14.2 Å². The molecule has 0 radical (unpaired) electrons. The normalized spacial score (nSPS) is 15.9. The van der Waals surface area contributed by atoms with Gasteiger partial charge < -0.3 is 4.90 Å². The van der Waals surface area contributed by atoms with Crippen LogP contribution in [0.3, 0.4) is 0 Å². The van der Waals surface area contributed by atoms with E-state index in [4.69, 9.17) is 0 Å². The Labute approximate surface area is 204 Å². The highest BCUT2D eigenvalue weighted by Crippen LogP contribution is 2.27. The number of piperazine rings is 1. The zero-order valence-corrected chi connectivity index (χ0v) is 21.9. The summed E-state index contributed by atoms with van der Waals surface area (Å²) in [5.41, 5.74) is 2.53. The predicted octanol–water partition coefficient (Wildman–Crippen LogP) is 4.09. The van der Waals surface area contributed by atoms with Crippen molar-refractivity contribution in [1.82, 2.24) is 13.8 Å². The van der Waals surface area contributed by atoms with Gasteiger partial charge in [-0.05, 0) is 55.2 Å². The lowest BCUT2D eigenvalue weighted by Gasteiger charge is -2.34. The molecule has 7 nitrogen and oxygen atoms in total. The lowest BCUT2D eigenvalue weighted by atomic mass is 9.86. The van der Waals surface area contributed by atoms with E-state index >= 15 is 0 Å². The third-order valence-corrected chi connectivity index (χ3v) is 9.08. The Morgan fingerprint density at radius 3 is 2.15 bits per heavy atom. The van der Waals surface area contributed by atoms with Crippen LogP contribution in [0.15, 0.2) is 52.2 Å². The average Bonchev–Trinajstić information content (AvgIpc) is 3.13. The lowest BCUT2D eigenvalue weighted by molar-refractivity contribution is 0.0698. The maximum atomic E-state index is 13.3. The molecule has 0 spiro atoms. The van der Waals surface area contributed by atoms with Crippen molar-refractivity contribution < 1.29 is 13.2 Å². The van der Waals surface area contributed by atoms with Gasteiger partial charge in [-0.1, -0.05) is 44.2 Å². The van der Waals surface area contributed by atoms with Crippen molar-refractivity contribution in [2.75, 3.05) is 26.2 Å². The van der Waals surface area contributed by atoms with E-state index in [0.717, 1.165) is 22.4 Å². The number of hydrogen-bond acceptors (Lipinski definition) is 5. The highest BCUT2D eigenvalue weighted by atomic mass is 32.2. The Bertz CT molecular complexity index is 1370. The summed E-state index contributed by atoms with van der Waals surface area (Å²) >= 11 is 1.06. The van der Waals surface area contributed by atoms with Crippen LogP contribution in [-0.2, 0) is 15.4 Å². The first-order valence-corrected chi connectivity index (χ1v) is 13.7. The number of thiazole rings is 1. The summed E-state index contributed by atoms with van der Waals surface area (Å²) in [7, 11) is -3.72. The van der Waals surface area contributed by atoms with Crippen molar-refractivity contribution in [2.24, 2.45) is 0 Å². The highest BCUT2D eigenvalue weighted by Gasteiger charge is 2.31. The van der Waals surface area contributed by atoms with Gasteiger partial charge in [0.05, 0.1) is 15.1 Å². The molecule has 182 valence electrons. The maximum Gasteiger partial charge on any atom is 0.308 e. The van der Waals surface area contributed by atoms with E-state index in [1.54, 1.807) is 27.7 Å². The number of amides is 1. The number of nitrogens with zero attached hydrogens (tertiary/aromatic N) is 3. The van der Waals surface area contributed by atoms with Crippen molar-refractivity contribution in [3.63, 3.8) is 0 Å². The van der Waals surface area contributed by atoms with Crippen molar-refractivity contribution in [3.05, 3.63) is 63.3 Å². The smallest absolute Gasteiger partial charge is 0.308 e. The molecule has 1 saturated heterocycles. The van der Waals surface area contributed by atoms with Gasteiger partial charge in [0.1, 0.15) is 0 Å². The van der Waals surface area contributed by atoms with Crippen LogP contribution in [0.25, 0.3) is 10.2 Å². The van der Waals surface area contributed by atoms with Crippen molar-refractivity contribution in [3.8, 4) is 0 Å². The molecule has 0 saturated carbocycles. The van der Waals surface area contributed by atoms with Crippen molar-refractivity contribution in [2.45, 2.75) is 51.0 Å². The van der Waals surface area contributed by atoms with E-state index in [0.29, 0.717) is 23.4 Å². The monoisotopic (exact) mass is 501 g/mol.